The van der Waals surface area contributed by atoms with E-state index < -0.39 is 29.6 Å². The summed E-state index contributed by atoms with van der Waals surface area (Å²) >= 11 is 0. The number of aliphatic carboxylic acids is 1. The molecule has 1 aromatic rings. The molecule has 1 amide bonds. The van der Waals surface area contributed by atoms with E-state index in [0.29, 0.717) is 5.56 Å². The monoisotopic (exact) mass is 377 g/mol. The Morgan fingerprint density at radius 1 is 1.15 bits per heavy atom. The number of hydrogen-bond acceptors (Lipinski definition) is 5. The van der Waals surface area contributed by atoms with Crippen LogP contribution in [0.5, 0.6) is 0 Å². The molecule has 0 spiro atoms. The maximum Gasteiger partial charge on any atom is 0.407 e. The van der Waals surface area contributed by atoms with Crippen molar-refractivity contribution in [3.63, 3.8) is 0 Å². The van der Waals surface area contributed by atoms with Gasteiger partial charge < -0.3 is 19.9 Å². The van der Waals surface area contributed by atoms with E-state index in [1.54, 1.807) is 37.3 Å². The number of benzene rings is 1. The molecular weight excluding hydrogens is 350 g/mol. The van der Waals surface area contributed by atoms with E-state index in [9.17, 15) is 14.4 Å². The van der Waals surface area contributed by atoms with Crippen LogP contribution in [0.4, 0.5) is 4.79 Å². The second kappa shape index (κ2) is 9.94. The number of ether oxygens (including phenoxy) is 2. The molecule has 1 aliphatic rings. The second-order valence-electron chi connectivity index (χ2n) is 7.17. The molecule has 2 rings (SSSR count). The van der Waals surface area contributed by atoms with Gasteiger partial charge in [0.2, 0.25) is 0 Å². The summed E-state index contributed by atoms with van der Waals surface area (Å²) in [5.41, 5.74) is 0.0219. The van der Waals surface area contributed by atoms with Gasteiger partial charge in [-0.25, -0.2) is 9.59 Å². The molecule has 1 fully saturated rings. The first-order valence-corrected chi connectivity index (χ1v) is 9.29. The largest absolute Gasteiger partial charge is 0.481 e. The van der Waals surface area contributed by atoms with Crippen LogP contribution in [0.15, 0.2) is 30.3 Å². The van der Waals surface area contributed by atoms with Crippen LogP contribution in [0.2, 0.25) is 0 Å². The Morgan fingerprint density at radius 3 is 2.44 bits per heavy atom. The number of carboxylic acid groups (broad SMARTS) is 1. The fourth-order valence-corrected chi connectivity index (χ4v) is 3.41. The lowest BCUT2D eigenvalue weighted by molar-refractivity contribution is -0.140. The summed E-state index contributed by atoms with van der Waals surface area (Å²) in [5.74, 6) is -1.33. The van der Waals surface area contributed by atoms with E-state index in [2.05, 4.69) is 5.32 Å². The van der Waals surface area contributed by atoms with Gasteiger partial charge in [-0.1, -0.05) is 37.5 Å². The van der Waals surface area contributed by atoms with Crippen LogP contribution in [-0.4, -0.2) is 42.4 Å². The summed E-state index contributed by atoms with van der Waals surface area (Å²) in [6, 6.07) is 8.57. The quantitative estimate of drug-likeness (QED) is 0.674. The zero-order valence-electron chi connectivity index (χ0n) is 15.6. The topological polar surface area (TPSA) is 102 Å². The van der Waals surface area contributed by atoms with Crippen molar-refractivity contribution in [3.8, 4) is 0 Å². The Balaban J connectivity index is 1.75. The SMILES string of the molecule is CC(COC(=O)c1ccccc1)OC(=O)NCC1(CC(=O)O)CCCCC1. The second-order valence-corrected chi connectivity index (χ2v) is 7.17. The maximum absolute atomic E-state index is 12.0. The first-order valence-electron chi connectivity index (χ1n) is 9.29. The first kappa shape index (κ1) is 20.7. The van der Waals surface area contributed by atoms with Crippen molar-refractivity contribution in [2.24, 2.45) is 5.41 Å². The summed E-state index contributed by atoms with van der Waals surface area (Å²) in [5, 5.41) is 11.8. The molecule has 27 heavy (non-hydrogen) atoms. The van der Waals surface area contributed by atoms with Gasteiger partial charge in [0, 0.05) is 6.54 Å². The molecule has 2 N–H and O–H groups in total. The van der Waals surface area contributed by atoms with Crippen LogP contribution in [0.1, 0.15) is 55.8 Å². The normalized spacial score (nSPS) is 16.8. The van der Waals surface area contributed by atoms with Gasteiger partial charge in [0.05, 0.1) is 12.0 Å². The number of hydrogen-bond donors (Lipinski definition) is 2. The molecule has 0 saturated heterocycles. The van der Waals surface area contributed by atoms with Gasteiger partial charge >= 0.3 is 18.0 Å². The first-order chi connectivity index (χ1) is 12.9. The third-order valence-electron chi connectivity index (χ3n) is 4.82. The highest BCUT2D eigenvalue weighted by Gasteiger charge is 2.35. The van der Waals surface area contributed by atoms with E-state index >= 15 is 0 Å². The lowest BCUT2D eigenvalue weighted by Gasteiger charge is -2.36. The van der Waals surface area contributed by atoms with Crippen molar-refractivity contribution < 1.29 is 29.0 Å². The molecule has 1 atom stereocenters. The summed E-state index contributed by atoms with van der Waals surface area (Å²) in [4.78, 5) is 35.1. The van der Waals surface area contributed by atoms with Crippen LogP contribution in [0.3, 0.4) is 0 Å². The minimum atomic E-state index is -0.853. The smallest absolute Gasteiger partial charge is 0.407 e. The number of nitrogens with one attached hydrogen (secondary N) is 1. The van der Waals surface area contributed by atoms with Crippen molar-refractivity contribution in [3.05, 3.63) is 35.9 Å². The standard InChI is InChI=1S/C20H27NO6/c1-15(13-26-18(24)16-8-4-2-5-9-16)27-19(25)21-14-20(12-17(22)23)10-6-3-7-11-20/h2,4-5,8-9,15H,3,6-7,10-14H2,1H3,(H,21,25)(H,22,23). The minimum Gasteiger partial charge on any atom is -0.481 e. The lowest BCUT2D eigenvalue weighted by atomic mass is 9.72. The number of carboxylic acids is 1. The number of alkyl carbamates (subject to hydrolysis) is 1. The van der Waals surface area contributed by atoms with Gasteiger partial charge in [-0.3, -0.25) is 4.79 Å². The van der Waals surface area contributed by atoms with Crippen molar-refractivity contribution in [2.45, 2.75) is 51.6 Å². The molecule has 0 radical (unpaired) electrons. The van der Waals surface area contributed by atoms with E-state index in [0.717, 1.165) is 32.1 Å². The number of carbonyl (C=O) groups excluding carboxylic acids is 2. The maximum atomic E-state index is 12.0. The molecule has 1 unspecified atom stereocenters. The van der Waals surface area contributed by atoms with E-state index in [4.69, 9.17) is 14.6 Å². The van der Waals surface area contributed by atoms with Gasteiger partial charge in [0.15, 0.2) is 0 Å². The highest BCUT2D eigenvalue weighted by atomic mass is 16.6. The fraction of sp³-hybridized carbons (Fsp3) is 0.550. The fourth-order valence-electron chi connectivity index (χ4n) is 3.41. The zero-order chi connectivity index (χ0) is 19.7. The van der Waals surface area contributed by atoms with Crippen molar-refractivity contribution >= 4 is 18.0 Å². The molecular formula is C20H27NO6. The molecule has 148 valence electrons. The Labute approximate surface area is 159 Å². The highest BCUT2D eigenvalue weighted by molar-refractivity contribution is 5.89. The average Bonchev–Trinajstić information content (AvgIpc) is 2.65. The van der Waals surface area contributed by atoms with Crippen molar-refractivity contribution in [1.82, 2.24) is 5.32 Å². The molecule has 1 aliphatic carbocycles. The van der Waals surface area contributed by atoms with Gasteiger partial charge in [-0.15, -0.1) is 0 Å². The summed E-state index contributed by atoms with van der Waals surface area (Å²) < 4.78 is 10.3. The molecule has 0 bridgehead atoms. The summed E-state index contributed by atoms with van der Waals surface area (Å²) in [6.45, 7) is 1.85. The zero-order valence-corrected chi connectivity index (χ0v) is 15.6. The lowest BCUT2D eigenvalue weighted by Crippen LogP contribution is -2.41. The van der Waals surface area contributed by atoms with Crippen molar-refractivity contribution in [1.29, 1.82) is 0 Å². The van der Waals surface area contributed by atoms with Gasteiger partial charge in [-0.05, 0) is 37.3 Å². The third kappa shape index (κ3) is 6.92. The third-order valence-corrected chi connectivity index (χ3v) is 4.82. The van der Waals surface area contributed by atoms with Crippen molar-refractivity contribution in [2.75, 3.05) is 13.2 Å². The van der Waals surface area contributed by atoms with Crippen LogP contribution in [0.25, 0.3) is 0 Å². The molecule has 7 nitrogen and oxygen atoms in total. The van der Waals surface area contributed by atoms with E-state index in [1.165, 1.54) is 0 Å². The molecule has 1 aromatic carbocycles. The van der Waals surface area contributed by atoms with Crippen LogP contribution >= 0.6 is 0 Å². The molecule has 0 aliphatic heterocycles. The predicted molar refractivity (Wildman–Crippen MR) is 98.4 cm³/mol. The van der Waals surface area contributed by atoms with Gasteiger partial charge in [-0.2, -0.15) is 0 Å². The predicted octanol–water partition coefficient (Wildman–Crippen LogP) is 3.38. The number of esters is 1. The van der Waals surface area contributed by atoms with Gasteiger partial charge in [0.1, 0.15) is 12.7 Å². The summed E-state index contributed by atoms with van der Waals surface area (Å²) in [7, 11) is 0. The molecule has 0 aromatic heterocycles. The van der Waals surface area contributed by atoms with Crippen LogP contribution in [-0.2, 0) is 14.3 Å². The number of amides is 1. The van der Waals surface area contributed by atoms with Crippen LogP contribution < -0.4 is 5.32 Å². The molecule has 7 heteroatoms. The minimum absolute atomic E-state index is 0.0392. The van der Waals surface area contributed by atoms with Crippen LogP contribution in [0, 0.1) is 5.41 Å². The van der Waals surface area contributed by atoms with E-state index in [-0.39, 0.29) is 19.6 Å². The summed E-state index contributed by atoms with van der Waals surface area (Å²) in [6.07, 6.45) is 3.39. The van der Waals surface area contributed by atoms with Gasteiger partial charge in [0.25, 0.3) is 0 Å². The Morgan fingerprint density at radius 2 is 1.81 bits per heavy atom. The average molecular weight is 377 g/mol. The number of rotatable bonds is 8. The Kier molecular flexibility index (Phi) is 7.64. The van der Waals surface area contributed by atoms with E-state index in [1.807, 2.05) is 0 Å². The molecule has 0 heterocycles. The highest BCUT2D eigenvalue weighted by Crippen LogP contribution is 2.38. The molecule has 1 saturated carbocycles. The Bertz CT molecular complexity index is 639. The number of carbonyl (C=O) groups is 3. The Hall–Kier alpha value is -2.57.